The molecule has 0 rings (SSSR count). The van der Waals surface area contributed by atoms with Gasteiger partial charge in [-0.25, -0.2) is 4.86 Å². The molecular formula is H5NO2P2. The smallest absolute Gasteiger partial charge is 0.253 e. The summed E-state index contributed by atoms with van der Waals surface area (Å²) >= 11 is 0. The Morgan fingerprint density at radius 2 is 1.80 bits per heavy atom. The molecule has 0 heterocycles. The molecule has 0 saturated carbocycles. The summed E-state index contributed by atoms with van der Waals surface area (Å²) in [6, 6.07) is 0. The van der Waals surface area contributed by atoms with Crippen LogP contribution in [0.1, 0.15) is 0 Å². The zero-order chi connectivity index (χ0) is 4.28. The molecule has 3 N–H and O–H groups in total. The number of nitrogens with one attached hydrogen (secondary N) is 1. The largest absolute Gasteiger partial charge is 0.338 e. The molecule has 0 bridgehead atoms. The van der Waals surface area contributed by atoms with E-state index in [2.05, 4.69) is 4.86 Å². The van der Waals surface area contributed by atoms with Gasteiger partial charge in [0, 0.05) is 0 Å². The van der Waals surface area contributed by atoms with Crippen molar-refractivity contribution in [2.45, 2.75) is 0 Å². The minimum atomic E-state index is -1.89. The van der Waals surface area contributed by atoms with Crippen molar-refractivity contribution < 1.29 is 9.79 Å². The minimum absolute atomic E-state index is 1.89. The first-order valence-corrected chi connectivity index (χ1v) is 2.74. The van der Waals surface area contributed by atoms with Crippen LogP contribution in [0.5, 0.6) is 0 Å². The minimum Gasteiger partial charge on any atom is -0.338 e. The van der Waals surface area contributed by atoms with E-state index in [1.165, 1.54) is 0 Å². The van der Waals surface area contributed by atoms with E-state index in [1.807, 2.05) is 9.39 Å². The summed E-state index contributed by atoms with van der Waals surface area (Å²) in [6.45, 7) is 0. The molecule has 0 aromatic heterocycles. The molecule has 0 aliphatic rings. The van der Waals surface area contributed by atoms with Crippen molar-refractivity contribution in [3.05, 3.63) is 0 Å². The van der Waals surface area contributed by atoms with Crippen LogP contribution in [-0.2, 0) is 0 Å². The Balaban J connectivity index is 2.54. The molecule has 0 saturated heterocycles. The molecule has 32 valence electrons. The van der Waals surface area contributed by atoms with Crippen LogP contribution >= 0.6 is 17.9 Å². The molecule has 5 heavy (non-hydrogen) atoms. The monoisotopic (exact) mass is 113 g/mol. The van der Waals surface area contributed by atoms with Gasteiger partial charge >= 0.3 is 0 Å². The van der Waals surface area contributed by atoms with E-state index in [0.717, 1.165) is 0 Å². The number of rotatable bonds is 1. The highest BCUT2D eigenvalue weighted by molar-refractivity contribution is 7.50. The summed E-state index contributed by atoms with van der Waals surface area (Å²) in [5, 5.41) is 0. The lowest BCUT2D eigenvalue weighted by Crippen LogP contribution is -1.81. The Morgan fingerprint density at radius 1 is 1.60 bits per heavy atom. The van der Waals surface area contributed by atoms with Gasteiger partial charge in [0.25, 0.3) is 8.53 Å². The van der Waals surface area contributed by atoms with Crippen LogP contribution in [0.2, 0.25) is 0 Å². The maximum Gasteiger partial charge on any atom is 0.253 e. The lowest BCUT2D eigenvalue weighted by molar-refractivity contribution is 0.480. The van der Waals surface area contributed by atoms with Gasteiger partial charge in [0.1, 0.15) is 0 Å². The van der Waals surface area contributed by atoms with E-state index in [4.69, 9.17) is 9.79 Å². The van der Waals surface area contributed by atoms with Gasteiger partial charge in [-0.05, 0) is 0 Å². The maximum atomic E-state index is 7.85. The van der Waals surface area contributed by atoms with Crippen LogP contribution in [0.25, 0.3) is 0 Å². The fourth-order valence-electron chi connectivity index (χ4n) is 0. The van der Waals surface area contributed by atoms with Crippen LogP contribution in [0.4, 0.5) is 0 Å². The van der Waals surface area contributed by atoms with Crippen molar-refractivity contribution in [3.8, 4) is 0 Å². The third-order valence-electron chi connectivity index (χ3n) is 0.115. The molecule has 5 heteroatoms. The Bertz CT molecular complexity index is 21.6. The van der Waals surface area contributed by atoms with Crippen LogP contribution in [0.3, 0.4) is 0 Å². The molecule has 0 aliphatic carbocycles. The van der Waals surface area contributed by atoms with Crippen LogP contribution in [-0.4, -0.2) is 9.79 Å². The summed E-state index contributed by atoms with van der Waals surface area (Å²) < 4.78 is 0. The van der Waals surface area contributed by atoms with Crippen LogP contribution in [0.15, 0.2) is 0 Å². The summed E-state index contributed by atoms with van der Waals surface area (Å²) in [7, 11) is 0.0880. The Hall–Kier alpha value is 0.740. The second-order valence-electron chi connectivity index (χ2n) is 0.419. The van der Waals surface area contributed by atoms with Gasteiger partial charge in [-0.15, -0.1) is 0 Å². The molecular weight excluding hydrogens is 108 g/mol. The highest BCUT2D eigenvalue weighted by Gasteiger charge is 1.83. The van der Waals surface area contributed by atoms with E-state index in [0.29, 0.717) is 0 Å². The first-order valence-electron chi connectivity index (χ1n) is 0.912. The van der Waals surface area contributed by atoms with Crippen molar-refractivity contribution >= 4 is 17.9 Å². The van der Waals surface area contributed by atoms with E-state index in [9.17, 15) is 0 Å². The lowest BCUT2D eigenvalue weighted by Gasteiger charge is -1.91. The average Bonchev–Trinajstić information content (AvgIpc) is 1.38. The predicted molar refractivity (Wildman–Crippen MR) is 24.2 cm³/mol. The van der Waals surface area contributed by atoms with Crippen molar-refractivity contribution in [2.75, 3.05) is 0 Å². The summed E-state index contributed by atoms with van der Waals surface area (Å²) in [4.78, 5) is 17.8. The average molecular weight is 113 g/mol. The molecule has 3 nitrogen and oxygen atoms in total. The van der Waals surface area contributed by atoms with Crippen molar-refractivity contribution in [2.24, 2.45) is 0 Å². The standard InChI is InChI=1S/H5NO2P2/c2-5(3)1-4/h1-3H,4H2. The van der Waals surface area contributed by atoms with Crippen LogP contribution in [0, 0.1) is 0 Å². The van der Waals surface area contributed by atoms with E-state index in [-0.39, 0.29) is 0 Å². The van der Waals surface area contributed by atoms with Crippen molar-refractivity contribution in [3.63, 3.8) is 0 Å². The highest BCUT2D eigenvalue weighted by atomic mass is 31.2. The Kier molecular flexibility index (Phi) is 3.39. The van der Waals surface area contributed by atoms with Gasteiger partial charge in [-0.3, -0.25) is 0 Å². The quantitative estimate of drug-likeness (QED) is 0.404. The zero-order valence-electron chi connectivity index (χ0n) is 2.42. The molecule has 1 atom stereocenters. The molecule has 0 spiro atoms. The third kappa shape index (κ3) is 4.74. The van der Waals surface area contributed by atoms with E-state index in [1.54, 1.807) is 0 Å². The van der Waals surface area contributed by atoms with Gasteiger partial charge in [-0.2, -0.15) is 0 Å². The molecule has 0 aromatic rings. The first-order chi connectivity index (χ1) is 2.27. The predicted octanol–water partition coefficient (Wildman–Crippen LogP) is -0.422. The fraction of sp³-hybridized carbons (Fsp3) is 0. The zero-order valence-corrected chi connectivity index (χ0v) is 4.47. The van der Waals surface area contributed by atoms with Crippen molar-refractivity contribution in [1.82, 2.24) is 4.86 Å². The normalized spacial score (nSPS) is 9.60. The number of hydrogen-bond acceptors (Lipinski definition) is 3. The summed E-state index contributed by atoms with van der Waals surface area (Å²) in [5.41, 5.74) is 0. The Morgan fingerprint density at radius 3 is 1.80 bits per heavy atom. The topological polar surface area (TPSA) is 52.5 Å². The third-order valence-corrected chi connectivity index (χ3v) is 1.04. The van der Waals surface area contributed by atoms with Gasteiger partial charge in [0.2, 0.25) is 0 Å². The van der Waals surface area contributed by atoms with Crippen LogP contribution < -0.4 is 4.86 Å². The fourth-order valence-corrected chi connectivity index (χ4v) is 0. The second-order valence-corrected chi connectivity index (χ2v) is 2.03. The number of hydrogen-bond donors (Lipinski definition) is 3. The van der Waals surface area contributed by atoms with E-state index < -0.39 is 8.53 Å². The second kappa shape index (κ2) is 2.95. The summed E-state index contributed by atoms with van der Waals surface area (Å²) in [6.07, 6.45) is 0. The lowest BCUT2D eigenvalue weighted by atomic mass is 13.9. The van der Waals surface area contributed by atoms with Gasteiger partial charge in [0.15, 0.2) is 0 Å². The Labute approximate surface area is 33.6 Å². The molecule has 0 amide bonds. The molecule has 0 fully saturated rings. The molecule has 0 aromatic carbocycles. The van der Waals surface area contributed by atoms with E-state index >= 15 is 0 Å². The van der Waals surface area contributed by atoms with Gasteiger partial charge in [0.05, 0.1) is 0 Å². The maximum absolute atomic E-state index is 7.85. The highest BCUT2D eigenvalue weighted by Crippen LogP contribution is 2.16. The summed E-state index contributed by atoms with van der Waals surface area (Å²) in [5.74, 6) is 0. The van der Waals surface area contributed by atoms with Gasteiger partial charge in [-0.1, -0.05) is 9.39 Å². The molecule has 0 radical (unpaired) electrons. The first kappa shape index (κ1) is 5.74. The molecule has 1 unspecified atom stereocenters. The van der Waals surface area contributed by atoms with Gasteiger partial charge < -0.3 is 9.79 Å². The van der Waals surface area contributed by atoms with Crippen molar-refractivity contribution in [1.29, 1.82) is 0 Å². The molecule has 0 aliphatic heterocycles. The SMILES string of the molecule is OP(O)NP.